The first-order chi connectivity index (χ1) is 13.2. The minimum Gasteiger partial charge on any atom is -0.395 e. The van der Waals surface area contributed by atoms with Gasteiger partial charge in [0.05, 0.1) is 19.3 Å². The number of para-hydroxylation sites is 1. The second-order valence-electron chi connectivity index (χ2n) is 7.31. The van der Waals surface area contributed by atoms with E-state index in [0.29, 0.717) is 13.1 Å². The van der Waals surface area contributed by atoms with Crippen LogP contribution in [-0.2, 0) is 6.54 Å². The molecule has 1 aliphatic rings. The topological polar surface area (TPSA) is 51.9 Å². The predicted molar refractivity (Wildman–Crippen MR) is 113 cm³/mol. The van der Waals surface area contributed by atoms with Crippen LogP contribution in [0.2, 0.25) is 0 Å². The van der Waals surface area contributed by atoms with Gasteiger partial charge in [-0.1, -0.05) is 34.1 Å². The van der Waals surface area contributed by atoms with Crippen molar-refractivity contribution in [2.45, 2.75) is 12.6 Å². The summed E-state index contributed by atoms with van der Waals surface area (Å²) in [4.78, 5) is 4.59. The molecule has 2 N–H and O–H groups in total. The third-order valence-electron chi connectivity index (χ3n) is 5.48. The van der Waals surface area contributed by atoms with Gasteiger partial charge in [-0.05, 0) is 24.3 Å². The quantitative estimate of drug-likeness (QED) is 0.629. The Kier molecular flexibility index (Phi) is 5.80. The van der Waals surface area contributed by atoms with Crippen molar-refractivity contribution in [3.05, 3.63) is 46.9 Å². The van der Waals surface area contributed by atoms with Crippen molar-refractivity contribution in [3.8, 4) is 0 Å². The third-order valence-corrected chi connectivity index (χ3v) is 5.97. The molecule has 6 heteroatoms. The van der Waals surface area contributed by atoms with Gasteiger partial charge in [-0.15, -0.1) is 0 Å². The van der Waals surface area contributed by atoms with Gasteiger partial charge in [-0.3, -0.25) is 9.80 Å². The van der Waals surface area contributed by atoms with Crippen LogP contribution in [0.15, 0.2) is 46.9 Å². The molecule has 0 saturated carbocycles. The van der Waals surface area contributed by atoms with E-state index in [4.69, 9.17) is 5.11 Å². The van der Waals surface area contributed by atoms with Crippen molar-refractivity contribution >= 4 is 37.7 Å². The standard InChI is InChI=1S/C21H26BrN3O2/c22-16-5-6-21-19(13-16)18-3-1-2-4-20(18)25(21)15-17(27)14-24-9-7-23(8-10-24)11-12-26/h1-6,13,17,26-27H,7-12,14-15H2. The Balaban J connectivity index is 1.51. The van der Waals surface area contributed by atoms with Crippen molar-refractivity contribution in [1.29, 1.82) is 0 Å². The molecule has 4 rings (SSSR count). The fourth-order valence-electron chi connectivity index (χ4n) is 4.13. The number of nitrogens with zero attached hydrogens (tertiary/aromatic N) is 3. The molecule has 0 radical (unpaired) electrons. The van der Waals surface area contributed by atoms with Crippen LogP contribution in [0.25, 0.3) is 21.8 Å². The Hall–Kier alpha value is -1.44. The summed E-state index contributed by atoms with van der Waals surface area (Å²) in [5, 5.41) is 22.3. The SMILES string of the molecule is OCCN1CCN(CC(O)Cn2c3ccccc3c3cc(Br)ccc32)CC1. The van der Waals surface area contributed by atoms with Crippen molar-refractivity contribution in [2.24, 2.45) is 0 Å². The molecule has 0 bridgehead atoms. The monoisotopic (exact) mass is 431 g/mol. The Labute approximate surface area is 167 Å². The number of piperazine rings is 1. The molecule has 1 saturated heterocycles. The van der Waals surface area contributed by atoms with E-state index in [1.807, 2.05) is 0 Å². The van der Waals surface area contributed by atoms with Gasteiger partial charge in [0.25, 0.3) is 0 Å². The molecule has 27 heavy (non-hydrogen) atoms. The van der Waals surface area contributed by atoms with E-state index in [1.54, 1.807) is 0 Å². The van der Waals surface area contributed by atoms with E-state index >= 15 is 0 Å². The van der Waals surface area contributed by atoms with E-state index in [1.165, 1.54) is 10.8 Å². The van der Waals surface area contributed by atoms with E-state index in [9.17, 15) is 5.11 Å². The molecular weight excluding hydrogens is 406 g/mol. The van der Waals surface area contributed by atoms with Crippen LogP contribution in [0.5, 0.6) is 0 Å². The summed E-state index contributed by atoms with van der Waals surface area (Å²) in [5.41, 5.74) is 2.32. The maximum Gasteiger partial charge on any atom is 0.0845 e. The first kappa shape index (κ1) is 18.9. The summed E-state index contributed by atoms with van der Waals surface area (Å²) < 4.78 is 3.31. The molecule has 1 unspecified atom stereocenters. The molecular formula is C21H26BrN3O2. The summed E-state index contributed by atoms with van der Waals surface area (Å²) in [7, 11) is 0. The van der Waals surface area contributed by atoms with Crippen LogP contribution in [0.1, 0.15) is 0 Å². The number of β-amino-alcohol motifs (C(OH)–C–C–N with tert-alkyl or cyclic N) is 2. The average Bonchev–Trinajstić information content (AvgIpc) is 2.97. The van der Waals surface area contributed by atoms with Crippen LogP contribution in [0.3, 0.4) is 0 Å². The lowest BCUT2D eigenvalue weighted by atomic mass is 10.2. The Morgan fingerprint density at radius 3 is 2.37 bits per heavy atom. The van der Waals surface area contributed by atoms with E-state index in [-0.39, 0.29) is 6.61 Å². The van der Waals surface area contributed by atoms with Gasteiger partial charge in [-0.2, -0.15) is 0 Å². The van der Waals surface area contributed by atoms with Crippen LogP contribution >= 0.6 is 15.9 Å². The highest BCUT2D eigenvalue weighted by atomic mass is 79.9. The molecule has 1 fully saturated rings. The molecule has 0 aliphatic carbocycles. The molecule has 1 atom stereocenters. The number of aliphatic hydroxyl groups excluding tert-OH is 2. The maximum absolute atomic E-state index is 10.8. The van der Waals surface area contributed by atoms with E-state index in [0.717, 1.165) is 48.2 Å². The highest BCUT2D eigenvalue weighted by Crippen LogP contribution is 2.31. The molecule has 0 amide bonds. The van der Waals surface area contributed by atoms with Gasteiger partial charge in [-0.25, -0.2) is 0 Å². The molecule has 0 spiro atoms. The van der Waals surface area contributed by atoms with Crippen LogP contribution < -0.4 is 0 Å². The van der Waals surface area contributed by atoms with Crippen LogP contribution in [0.4, 0.5) is 0 Å². The molecule has 2 aromatic carbocycles. The van der Waals surface area contributed by atoms with Gasteiger partial charge >= 0.3 is 0 Å². The first-order valence-electron chi connectivity index (χ1n) is 9.56. The fourth-order valence-corrected chi connectivity index (χ4v) is 4.49. The van der Waals surface area contributed by atoms with Gasteiger partial charge < -0.3 is 14.8 Å². The van der Waals surface area contributed by atoms with E-state index in [2.05, 4.69) is 72.8 Å². The van der Waals surface area contributed by atoms with Crippen LogP contribution in [-0.4, -0.2) is 76.6 Å². The zero-order chi connectivity index (χ0) is 18.8. The number of hydrogen-bond acceptors (Lipinski definition) is 4. The number of halogens is 1. The smallest absolute Gasteiger partial charge is 0.0845 e. The molecule has 3 aromatic rings. The number of aromatic nitrogens is 1. The molecule has 5 nitrogen and oxygen atoms in total. The predicted octanol–water partition coefficient (Wildman–Crippen LogP) is 2.53. The van der Waals surface area contributed by atoms with Crippen molar-refractivity contribution in [3.63, 3.8) is 0 Å². The lowest BCUT2D eigenvalue weighted by molar-refractivity contribution is 0.0601. The normalized spacial score (nSPS) is 17.7. The minimum atomic E-state index is -0.419. The second-order valence-corrected chi connectivity index (χ2v) is 8.22. The molecule has 2 heterocycles. The van der Waals surface area contributed by atoms with Crippen molar-refractivity contribution in [1.82, 2.24) is 14.4 Å². The zero-order valence-corrected chi connectivity index (χ0v) is 17.0. The Bertz CT molecular complexity index is 918. The molecule has 144 valence electrons. The zero-order valence-electron chi connectivity index (χ0n) is 15.4. The summed E-state index contributed by atoms with van der Waals surface area (Å²) in [5.74, 6) is 0. The number of hydrogen-bond donors (Lipinski definition) is 2. The van der Waals surface area contributed by atoms with Gasteiger partial charge in [0.15, 0.2) is 0 Å². The van der Waals surface area contributed by atoms with Crippen molar-refractivity contribution in [2.75, 3.05) is 45.9 Å². The van der Waals surface area contributed by atoms with E-state index < -0.39 is 6.10 Å². The lowest BCUT2D eigenvalue weighted by Crippen LogP contribution is -2.49. The number of fused-ring (bicyclic) bond motifs is 3. The highest BCUT2D eigenvalue weighted by molar-refractivity contribution is 9.10. The molecule has 1 aromatic heterocycles. The first-order valence-corrected chi connectivity index (χ1v) is 10.3. The van der Waals surface area contributed by atoms with Gasteiger partial charge in [0.1, 0.15) is 0 Å². The summed E-state index contributed by atoms with van der Waals surface area (Å²) in [6.45, 7) is 6.02. The molecule has 1 aliphatic heterocycles. The number of rotatable bonds is 6. The second kappa shape index (κ2) is 8.29. The largest absolute Gasteiger partial charge is 0.395 e. The third kappa shape index (κ3) is 4.05. The average molecular weight is 432 g/mol. The minimum absolute atomic E-state index is 0.215. The lowest BCUT2D eigenvalue weighted by Gasteiger charge is -2.35. The Morgan fingerprint density at radius 2 is 1.59 bits per heavy atom. The summed E-state index contributed by atoms with van der Waals surface area (Å²) in [6, 6.07) is 14.7. The highest BCUT2D eigenvalue weighted by Gasteiger charge is 2.20. The van der Waals surface area contributed by atoms with Gasteiger partial charge in [0.2, 0.25) is 0 Å². The Morgan fingerprint density at radius 1 is 0.889 bits per heavy atom. The fraction of sp³-hybridized carbons (Fsp3) is 0.429. The van der Waals surface area contributed by atoms with Crippen molar-refractivity contribution < 1.29 is 10.2 Å². The number of aliphatic hydroxyl groups is 2. The maximum atomic E-state index is 10.8. The van der Waals surface area contributed by atoms with Crippen LogP contribution in [0, 0.1) is 0 Å². The summed E-state index contributed by atoms with van der Waals surface area (Å²) >= 11 is 3.57. The number of benzene rings is 2. The van der Waals surface area contributed by atoms with Gasteiger partial charge in [0, 0.05) is 65.5 Å². The summed E-state index contributed by atoms with van der Waals surface area (Å²) in [6.07, 6.45) is -0.419.